The van der Waals surface area contributed by atoms with Crippen molar-refractivity contribution < 1.29 is 9.59 Å². The number of amides is 2. The van der Waals surface area contributed by atoms with Gasteiger partial charge in [-0.05, 0) is 26.7 Å². The van der Waals surface area contributed by atoms with Crippen LogP contribution in [0.3, 0.4) is 0 Å². The fraction of sp³-hybridized carbons (Fsp3) is 0.700. The van der Waals surface area contributed by atoms with Gasteiger partial charge in [0.05, 0.1) is 6.54 Å². The fourth-order valence-electron chi connectivity index (χ4n) is 1.29. The number of hydrogen-bond donors (Lipinski definition) is 2. The topological polar surface area (TPSA) is 70.6 Å². The molecule has 0 aromatic carbocycles. The lowest BCUT2D eigenvalue weighted by atomic mass is 9.90. The second-order valence-corrected chi connectivity index (χ2v) is 4.60. The molecule has 0 spiro atoms. The van der Waals surface area contributed by atoms with Gasteiger partial charge in [0, 0.05) is 6.04 Å². The minimum Gasteiger partial charge on any atom is -0.312 e. The van der Waals surface area contributed by atoms with E-state index in [1.54, 1.807) is 13.8 Å². The summed E-state index contributed by atoms with van der Waals surface area (Å²) in [5, 5.41) is 5.84. The molecule has 2 amide bonds. The zero-order valence-electron chi connectivity index (χ0n) is 8.96. The van der Waals surface area contributed by atoms with Crippen LogP contribution in [0.15, 0.2) is 4.99 Å². The molecular weight excluding hydrogens is 194 g/mol. The summed E-state index contributed by atoms with van der Waals surface area (Å²) in [5.74, 6) is -0.190. The van der Waals surface area contributed by atoms with Crippen molar-refractivity contribution in [2.45, 2.75) is 32.7 Å². The first kappa shape index (κ1) is 10.3. The number of nitrogens with one attached hydrogen (secondary N) is 2. The molecule has 1 saturated carbocycles. The maximum Gasteiger partial charge on any atom is 0.262 e. The van der Waals surface area contributed by atoms with Gasteiger partial charge in [-0.15, -0.1) is 0 Å². The van der Waals surface area contributed by atoms with Crippen LogP contribution in [0.4, 0.5) is 0 Å². The lowest BCUT2D eigenvalue weighted by molar-refractivity contribution is -0.139. The van der Waals surface area contributed by atoms with E-state index >= 15 is 0 Å². The molecular formula is C10H15N3O2. The number of amidine groups is 1. The number of nitrogens with zero attached hydrogens (tertiary/aromatic N) is 1. The van der Waals surface area contributed by atoms with E-state index in [4.69, 9.17) is 0 Å². The quantitative estimate of drug-likeness (QED) is 0.633. The maximum atomic E-state index is 11.6. The molecule has 1 fully saturated rings. The van der Waals surface area contributed by atoms with E-state index in [-0.39, 0.29) is 11.8 Å². The Morgan fingerprint density at radius 1 is 1.47 bits per heavy atom. The molecule has 1 aliphatic heterocycles. The highest BCUT2D eigenvalue weighted by Gasteiger charge is 2.40. The van der Waals surface area contributed by atoms with Gasteiger partial charge in [-0.25, -0.2) is 0 Å². The SMILES string of the molecule is CC1(C)C(=O)N=C(CNC2CC2)NC1=O. The summed E-state index contributed by atoms with van der Waals surface area (Å²) in [7, 11) is 0. The summed E-state index contributed by atoms with van der Waals surface area (Å²) in [6, 6.07) is 0.537. The molecule has 0 aromatic heterocycles. The molecule has 0 atom stereocenters. The molecule has 0 saturated heterocycles. The third-order valence-corrected chi connectivity index (χ3v) is 2.73. The van der Waals surface area contributed by atoms with Crippen molar-refractivity contribution in [3.8, 4) is 0 Å². The Labute approximate surface area is 88.3 Å². The summed E-state index contributed by atoms with van der Waals surface area (Å²) in [5.41, 5.74) is -1.02. The van der Waals surface area contributed by atoms with E-state index in [0.29, 0.717) is 18.4 Å². The summed E-state index contributed by atoms with van der Waals surface area (Å²) in [6.45, 7) is 3.64. The van der Waals surface area contributed by atoms with Crippen molar-refractivity contribution in [1.29, 1.82) is 0 Å². The van der Waals surface area contributed by atoms with Crippen LogP contribution in [-0.4, -0.2) is 30.2 Å². The largest absolute Gasteiger partial charge is 0.312 e. The molecule has 2 N–H and O–H groups in total. The summed E-state index contributed by atoms with van der Waals surface area (Å²) < 4.78 is 0. The first-order chi connectivity index (χ1) is 7.00. The van der Waals surface area contributed by atoms with E-state index in [1.165, 1.54) is 12.8 Å². The van der Waals surface area contributed by atoms with Gasteiger partial charge in [0.1, 0.15) is 11.3 Å². The Hall–Kier alpha value is -1.23. The third kappa shape index (κ3) is 2.07. The third-order valence-electron chi connectivity index (χ3n) is 2.73. The van der Waals surface area contributed by atoms with E-state index in [1.807, 2.05) is 0 Å². The standard InChI is InChI=1S/C10H15N3O2/c1-10(2)8(14)12-7(13-9(10)15)5-11-6-3-4-6/h6,11H,3-5H2,1-2H3,(H,12,13,14,15). The predicted octanol–water partition coefficient (Wildman–Crippen LogP) is -0.181. The smallest absolute Gasteiger partial charge is 0.262 e. The average Bonchev–Trinajstić information content (AvgIpc) is 2.95. The van der Waals surface area contributed by atoms with Crippen molar-refractivity contribution in [2.75, 3.05) is 6.54 Å². The average molecular weight is 209 g/mol. The van der Waals surface area contributed by atoms with Crippen LogP contribution in [0.2, 0.25) is 0 Å². The molecule has 1 aliphatic carbocycles. The van der Waals surface area contributed by atoms with Crippen molar-refractivity contribution in [3.05, 3.63) is 0 Å². The minimum absolute atomic E-state index is 0.268. The number of aliphatic imine (C=N–C) groups is 1. The van der Waals surface area contributed by atoms with Gasteiger partial charge in [0.2, 0.25) is 5.91 Å². The number of rotatable bonds is 3. The molecule has 15 heavy (non-hydrogen) atoms. The molecule has 5 heteroatoms. The Bertz CT molecular complexity index is 343. The van der Waals surface area contributed by atoms with Gasteiger partial charge in [-0.1, -0.05) is 0 Å². The summed E-state index contributed by atoms with van der Waals surface area (Å²) >= 11 is 0. The monoisotopic (exact) mass is 209 g/mol. The fourth-order valence-corrected chi connectivity index (χ4v) is 1.29. The van der Waals surface area contributed by atoms with Gasteiger partial charge in [0.25, 0.3) is 5.91 Å². The van der Waals surface area contributed by atoms with Crippen LogP contribution in [0.25, 0.3) is 0 Å². The van der Waals surface area contributed by atoms with Crippen LogP contribution in [0.1, 0.15) is 26.7 Å². The first-order valence-electron chi connectivity index (χ1n) is 5.17. The second kappa shape index (κ2) is 3.41. The van der Waals surface area contributed by atoms with Gasteiger partial charge in [-0.3, -0.25) is 9.59 Å². The molecule has 2 rings (SSSR count). The van der Waals surface area contributed by atoms with Crippen molar-refractivity contribution in [3.63, 3.8) is 0 Å². The number of hydrogen-bond acceptors (Lipinski definition) is 3. The van der Waals surface area contributed by atoms with Crippen LogP contribution in [-0.2, 0) is 9.59 Å². The zero-order chi connectivity index (χ0) is 11.1. The summed E-state index contributed by atoms with van der Waals surface area (Å²) in [4.78, 5) is 26.9. The lowest BCUT2D eigenvalue weighted by Gasteiger charge is -2.25. The Morgan fingerprint density at radius 2 is 2.13 bits per heavy atom. The first-order valence-corrected chi connectivity index (χ1v) is 5.17. The maximum absolute atomic E-state index is 11.6. The molecule has 0 unspecified atom stereocenters. The molecule has 82 valence electrons. The lowest BCUT2D eigenvalue weighted by Crippen LogP contribution is -2.52. The highest BCUT2D eigenvalue weighted by molar-refractivity contribution is 6.18. The zero-order valence-corrected chi connectivity index (χ0v) is 8.96. The Balaban J connectivity index is 2.01. The van der Waals surface area contributed by atoms with Gasteiger partial charge in [0.15, 0.2) is 0 Å². The highest BCUT2D eigenvalue weighted by Crippen LogP contribution is 2.21. The summed E-state index contributed by atoms with van der Waals surface area (Å²) in [6.07, 6.45) is 2.33. The molecule has 0 bridgehead atoms. The molecule has 0 aromatic rings. The number of carbonyl (C=O) groups excluding carboxylic acids is 2. The van der Waals surface area contributed by atoms with Crippen LogP contribution in [0, 0.1) is 5.41 Å². The molecule has 1 heterocycles. The van der Waals surface area contributed by atoms with Crippen molar-refractivity contribution in [2.24, 2.45) is 10.4 Å². The van der Waals surface area contributed by atoms with E-state index < -0.39 is 5.41 Å². The predicted molar refractivity (Wildman–Crippen MR) is 55.4 cm³/mol. The van der Waals surface area contributed by atoms with Crippen molar-refractivity contribution in [1.82, 2.24) is 10.6 Å². The van der Waals surface area contributed by atoms with Crippen LogP contribution in [0.5, 0.6) is 0 Å². The van der Waals surface area contributed by atoms with Crippen molar-refractivity contribution >= 4 is 17.6 Å². The highest BCUT2D eigenvalue weighted by atomic mass is 16.2. The van der Waals surface area contributed by atoms with Gasteiger partial charge < -0.3 is 10.6 Å². The minimum atomic E-state index is -1.02. The van der Waals surface area contributed by atoms with Crippen LogP contribution < -0.4 is 10.6 Å². The van der Waals surface area contributed by atoms with E-state index in [9.17, 15) is 9.59 Å². The van der Waals surface area contributed by atoms with E-state index in [0.717, 1.165) is 0 Å². The number of carbonyl (C=O) groups is 2. The molecule has 5 nitrogen and oxygen atoms in total. The van der Waals surface area contributed by atoms with Crippen LogP contribution >= 0.6 is 0 Å². The molecule has 0 radical (unpaired) electrons. The normalized spacial score (nSPS) is 24.8. The second-order valence-electron chi connectivity index (χ2n) is 4.60. The van der Waals surface area contributed by atoms with E-state index in [2.05, 4.69) is 15.6 Å². The molecule has 2 aliphatic rings. The Morgan fingerprint density at radius 3 is 2.67 bits per heavy atom. The van der Waals surface area contributed by atoms with Gasteiger partial charge in [-0.2, -0.15) is 4.99 Å². The Kier molecular flexibility index (Phi) is 2.34. The van der Waals surface area contributed by atoms with Gasteiger partial charge >= 0.3 is 0 Å².